The monoisotopic (exact) mass is 448 g/mol. The fourth-order valence-corrected chi connectivity index (χ4v) is 3.93. The lowest BCUT2D eigenvalue weighted by Gasteiger charge is -2.31. The zero-order valence-electron chi connectivity index (χ0n) is 16.5. The molecule has 1 aliphatic rings. The molecule has 0 radical (unpaired) electrons. The van der Waals surface area contributed by atoms with E-state index >= 15 is 0 Å². The van der Waals surface area contributed by atoms with Crippen LogP contribution in [0.2, 0.25) is 5.15 Å². The smallest absolute Gasteiger partial charge is 0.370 e. The molecular formula is C22H20ClF3N4O. The maximum absolute atomic E-state index is 13.2. The first-order valence-electron chi connectivity index (χ1n) is 9.91. The maximum Gasteiger partial charge on any atom is 0.416 e. The van der Waals surface area contributed by atoms with E-state index in [1.807, 2.05) is 11.0 Å². The summed E-state index contributed by atoms with van der Waals surface area (Å²) in [5, 5.41) is 2.84. The highest BCUT2D eigenvalue weighted by atomic mass is 35.5. The minimum absolute atomic E-state index is 0.135. The molecule has 1 saturated heterocycles. The number of pyridine rings is 1. The Kier molecular flexibility index (Phi) is 5.91. The Morgan fingerprint density at radius 1 is 1.13 bits per heavy atom. The van der Waals surface area contributed by atoms with E-state index in [0.717, 1.165) is 44.5 Å². The van der Waals surface area contributed by atoms with Crippen molar-refractivity contribution in [2.75, 3.05) is 23.3 Å². The van der Waals surface area contributed by atoms with E-state index in [4.69, 9.17) is 11.6 Å². The number of halogens is 4. The van der Waals surface area contributed by atoms with Crippen molar-refractivity contribution in [1.29, 1.82) is 0 Å². The molecule has 9 heteroatoms. The number of piperidine rings is 1. The molecule has 0 atom stereocenters. The van der Waals surface area contributed by atoms with Crippen LogP contribution in [0.15, 0.2) is 48.7 Å². The van der Waals surface area contributed by atoms with E-state index in [1.165, 1.54) is 18.2 Å². The predicted octanol–water partition coefficient (Wildman–Crippen LogP) is 5.65. The normalized spacial score (nSPS) is 15.0. The van der Waals surface area contributed by atoms with Gasteiger partial charge in [-0.05, 0) is 55.7 Å². The third kappa shape index (κ3) is 4.69. The van der Waals surface area contributed by atoms with Crippen molar-refractivity contribution < 1.29 is 18.0 Å². The van der Waals surface area contributed by atoms with Crippen LogP contribution < -0.4 is 10.2 Å². The second-order valence-electron chi connectivity index (χ2n) is 7.32. The molecule has 1 fully saturated rings. The number of rotatable bonds is 4. The number of hydrogen-bond donors (Lipinski definition) is 1. The van der Waals surface area contributed by atoms with Crippen molar-refractivity contribution in [2.24, 2.45) is 0 Å². The standard InChI is InChI=1S/C22H20ClF3N4O/c23-21-18(30-13-5-2-6-19(30)28-21)9-10-20(31)27-16-14-15(22(24,25)26)7-8-17(16)29-11-3-1-4-12-29/h2,5-10,13-14H,1,3-4,11-12H2,(H,27,31). The van der Waals surface area contributed by atoms with E-state index in [0.29, 0.717) is 17.0 Å². The van der Waals surface area contributed by atoms with Gasteiger partial charge in [-0.25, -0.2) is 4.98 Å². The number of benzene rings is 1. The highest BCUT2D eigenvalue weighted by Crippen LogP contribution is 2.36. The van der Waals surface area contributed by atoms with E-state index in [-0.39, 0.29) is 10.8 Å². The van der Waals surface area contributed by atoms with Gasteiger partial charge in [-0.2, -0.15) is 13.2 Å². The molecule has 1 aliphatic heterocycles. The SMILES string of the molecule is O=C(C=Cc1c(Cl)nc2ccccn12)Nc1cc(C(F)(F)F)ccc1N1CCCCC1. The van der Waals surface area contributed by atoms with Gasteiger partial charge in [0.25, 0.3) is 0 Å². The molecule has 0 unspecified atom stereocenters. The molecule has 4 rings (SSSR count). The molecule has 0 aliphatic carbocycles. The molecule has 31 heavy (non-hydrogen) atoms. The van der Waals surface area contributed by atoms with Gasteiger partial charge in [-0.3, -0.25) is 9.20 Å². The average Bonchev–Trinajstić information content (AvgIpc) is 3.07. The Hall–Kier alpha value is -3.00. The van der Waals surface area contributed by atoms with Crippen molar-refractivity contribution in [3.8, 4) is 0 Å². The Morgan fingerprint density at radius 2 is 1.90 bits per heavy atom. The molecule has 1 N–H and O–H groups in total. The molecule has 0 spiro atoms. The van der Waals surface area contributed by atoms with Crippen LogP contribution in [0.1, 0.15) is 30.5 Å². The first kappa shape index (κ1) is 21.2. The third-order valence-electron chi connectivity index (χ3n) is 5.19. The maximum atomic E-state index is 13.2. The fraction of sp³-hybridized carbons (Fsp3) is 0.273. The van der Waals surface area contributed by atoms with Crippen LogP contribution in [0.25, 0.3) is 11.7 Å². The molecule has 3 aromatic rings. The predicted molar refractivity (Wildman–Crippen MR) is 115 cm³/mol. The lowest BCUT2D eigenvalue weighted by Crippen LogP contribution is -2.30. The lowest BCUT2D eigenvalue weighted by atomic mass is 10.1. The van der Waals surface area contributed by atoms with Crippen LogP contribution in [0.5, 0.6) is 0 Å². The number of amides is 1. The van der Waals surface area contributed by atoms with Crippen LogP contribution in [0.3, 0.4) is 0 Å². The largest absolute Gasteiger partial charge is 0.416 e. The minimum atomic E-state index is -4.50. The molecule has 0 saturated carbocycles. The van der Waals surface area contributed by atoms with Gasteiger partial charge in [0.2, 0.25) is 5.91 Å². The van der Waals surface area contributed by atoms with Gasteiger partial charge < -0.3 is 10.2 Å². The number of anilines is 2. The minimum Gasteiger partial charge on any atom is -0.370 e. The van der Waals surface area contributed by atoms with Gasteiger partial charge in [0.15, 0.2) is 5.15 Å². The summed E-state index contributed by atoms with van der Waals surface area (Å²) in [7, 11) is 0. The second kappa shape index (κ2) is 8.63. The van der Waals surface area contributed by atoms with Crippen molar-refractivity contribution in [3.63, 3.8) is 0 Å². The van der Waals surface area contributed by atoms with Gasteiger partial charge >= 0.3 is 6.18 Å². The number of hydrogen-bond acceptors (Lipinski definition) is 3. The summed E-state index contributed by atoms with van der Waals surface area (Å²) in [6, 6.07) is 8.85. The van der Waals surface area contributed by atoms with Crippen LogP contribution in [0.4, 0.5) is 24.5 Å². The first-order valence-corrected chi connectivity index (χ1v) is 10.3. The zero-order chi connectivity index (χ0) is 22.0. The number of fused-ring (bicyclic) bond motifs is 1. The van der Waals surface area contributed by atoms with Gasteiger partial charge in [-0.15, -0.1) is 0 Å². The summed E-state index contributed by atoms with van der Waals surface area (Å²) in [5.74, 6) is -0.556. The molecule has 162 valence electrons. The van der Waals surface area contributed by atoms with E-state index in [9.17, 15) is 18.0 Å². The van der Waals surface area contributed by atoms with Crippen LogP contribution in [-0.2, 0) is 11.0 Å². The zero-order valence-corrected chi connectivity index (χ0v) is 17.2. The highest BCUT2D eigenvalue weighted by molar-refractivity contribution is 6.31. The molecule has 5 nitrogen and oxygen atoms in total. The summed E-state index contributed by atoms with van der Waals surface area (Å²) in [6.07, 6.45) is 2.99. The molecule has 3 heterocycles. The summed E-state index contributed by atoms with van der Waals surface area (Å²) < 4.78 is 41.4. The Labute approximate surface area is 182 Å². The second-order valence-corrected chi connectivity index (χ2v) is 7.67. The Balaban J connectivity index is 1.61. The van der Waals surface area contributed by atoms with Crippen LogP contribution in [0, 0.1) is 0 Å². The third-order valence-corrected chi connectivity index (χ3v) is 5.47. The Bertz CT molecular complexity index is 1130. The molecule has 0 bridgehead atoms. The topological polar surface area (TPSA) is 49.6 Å². The summed E-state index contributed by atoms with van der Waals surface area (Å²) >= 11 is 6.16. The summed E-state index contributed by atoms with van der Waals surface area (Å²) in [5.41, 5.74) is 1.04. The number of imidazole rings is 1. The number of carbonyl (C=O) groups is 1. The number of aromatic nitrogens is 2. The Morgan fingerprint density at radius 3 is 2.65 bits per heavy atom. The summed E-state index contributed by atoms with van der Waals surface area (Å²) in [4.78, 5) is 18.8. The van der Waals surface area contributed by atoms with Crippen LogP contribution in [-0.4, -0.2) is 28.4 Å². The van der Waals surface area contributed by atoms with Gasteiger partial charge in [0, 0.05) is 25.4 Å². The van der Waals surface area contributed by atoms with Crippen molar-refractivity contribution in [3.05, 3.63) is 65.1 Å². The van der Waals surface area contributed by atoms with Crippen LogP contribution >= 0.6 is 11.6 Å². The van der Waals surface area contributed by atoms with E-state index in [2.05, 4.69) is 10.3 Å². The van der Waals surface area contributed by atoms with E-state index in [1.54, 1.807) is 22.7 Å². The van der Waals surface area contributed by atoms with Crippen molar-refractivity contribution in [1.82, 2.24) is 9.38 Å². The number of carbonyl (C=O) groups excluding carboxylic acids is 1. The van der Waals surface area contributed by atoms with Gasteiger partial charge in [0.05, 0.1) is 22.6 Å². The lowest BCUT2D eigenvalue weighted by molar-refractivity contribution is -0.137. The molecular weight excluding hydrogens is 429 g/mol. The van der Waals surface area contributed by atoms with E-state index < -0.39 is 17.6 Å². The molecule has 2 aromatic heterocycles. The average molecular weight is 449 g/mol. The van der Waals surface area contributed by atoms with Gasteiger partial charge in [0.1, 0.15) is 5.65 Å². The number of alkyl halides is 3. The first-order chi connectivity index (χ1) is 14.8. The number of nitrogens with zero attached hydrogens (tertiary/aromatic N) is 3. The summed E-state index contributed by atoms with van der Waals surface area (Å²) in [6.45, 7) is 1.48. The van der Waals surface area contributed by atoms with Crippen molar-refractivity contribution in [2.45, 2.75) is 25.4 Å². The van der Waals surface area contributed by atoms with Crippen molar-refractivity contribution >= 4 is 40.6 Å². The number of nitrogens with one attached hydrogen (secondary N) is 1. The molecule has 1 amide bonds. The van der Waals surface area contributed by atoms with Gasteiger partial charge in [-0.1, -0.05) is 17.7 Å². The fourth-order valence-electron chi connectivity index (χ4n) is 3.69. The molecule has 1 aromatic carbocycles. The highest BCUT2D eigenvalue weighted by Gasteiger charge is 2.31. The quantitative estimate of drug-likeness (QED) is 0.525.